The fraction of sp³-hybridized carbons (Fsp3) is 0. The zero-order valence-corrected chi connectivity index (χ0v) is 14.6. The summed E-state index contributed by atoms with van der Waals surface area (Å²) in [6.45, 7) is 0. The van der Waals surface area contributed by atoms with Gasteiger partial charge in [0.1, 0.15) is 5.65 Å². The molecule has 0 saturated heterocycles. The van der Waals surface area contributed by atoms with Crippen LogP contribution in [0.1, 0.15) is 0 Å². The van der Waals surface area contributed by atoms with E-state index in [0.717, 1.165) is 16.7 Å². The van der Waals surface area contributed by atoms with E-state index in [0.29, 0.717) is 0 Å². The number of rotatable bonds is 1. The highest BCUT2D eigenvalue weighted by Gasteiger charge is 2.15. The minimum Gasteiger partial charge on any atom is -0.292 e. The van der Waals surface area contributed by atoms with Crippen LogP contribution in [0.5, 0.6) is 0 Å². The second-order valence-electron chi connectivity index (χ2n) is 6.87. The minimum absolute atomic E-state index is 1.02. The molecule has 2 nitrogen and oxygen atoms in total. The van der Waals surface area contributed by atoms with Crippen LogP contribution in [0.3, 0.4) is 0 Å². The first-order chi connectivity index (χ1) is 13.4. The monoisotopic (exact) mass is 344 g/mol. The van der Waals surface area contributed by atoms with Gasteiger partial charge in [0.2, 0.25) is 0 Å². The number of aromatic nitrogens is 2. The molecular weight excluding hydrogens is 328 g/mol. The predicted octanol–water partition coefficient (Wildman–Crippen LogP) is 6.46. The summed E-state index contributed by atoms with van der Waals surface area (Å²) in [5, 5.41) is 3.70. The number of imidazole rings is 1. The Kier molecular flexibility index (Phi) is 2.91. The maximum absolute atomic E-state index is 4.99. The van der Waals surface area contributed by atoms with Crippen molar-refractivity contribution < 1.29 is 0 Å². The summed E-state index contributed by atoms with van der Waals surface area (Å²) in [5.41, 5.74) is 6.86. The first-order valence-electron chi connectivity index (χ1n) is 9.18. The number of para-hydroxylation sites is 3. The highest BCUT2D eigenvalue weighted by molar-refractivity contribution is 6.19. The van der Waals surface area contributed by atoms with Crippen molar-refractivity contribution in [2.24, 2.45) is 0 Å². The Balaban J connectivity index is 1.93. The Bertz CT molecular complexity index is 1460. The van der Waals surface area contributed by atoms with Crippen molar-refractivity contribution >= 4 is 38.4 Å². The molecule has 126 valence electrons. The second-order valence-corrected chi connectivity index (χ2v) is 6.87. The summed E-state index contributed by atoms with van der Waals surface area (Å²) < 4.78 is 2.29. The molecule has 0 saturated carbocycles. The van der Waals surface area contributed by atoms with E-state index in [2.05, 4.69) is 101 Å². The van der Waals surface area contributed by atoms with E-state index in [4.69, 9.17) is 4.98 Å². The highest BCUT2D eigenvalue weighted by Crippen LogP contribution is 2.37. The zero-order chi connectivity index (χ0) is 17.8. The molecule has 2 heteroatoms. The lowest BCUT2D eigenvalue weighted by Crippen LogP contribution is -1.93. The van der Waals surface area contributed by atoms with Gasteiger partial charge in [-0.3, -0.25) is 4.40 Å². The third-order valence-electron chi connectivity index (χ3n) is 5.37. The average Bonchev–Trinajstić information content (AvgIpc) is 3.14. The molecule has 0 N–H and O–H groups in total. The van der Waals surface area contributed by atoms with E-state index in [1.165, 1.54) is 32.8 Å². The Labute approximate surface area is 156 Å². The lowest BCUT2D eigenvalue weighted by atomic mass is 9.96. The molecule has 0 aliphatic rings. The molecule has 2 aromatic heterocycles. The van der Waals surface area contributed by atoms with Crippen LogP contribution in [0.25, 0.3) is 49.5 Å². The lowest BCUT2D eigenvalue weighted by Gasteiger charge is -2.13. The number of nitrogens with zero attached hydrogens (tertiary/aromatic N) is 2. The summed E-state index contributed by atoms with van der Waals surface area (Å²) >= 11 is 0. The molecule has 6 rings (SSSR count). The van der Waals surface area contributed by atoms with Gasteiger partial charge in [0, 0.05) is 16.2 Å². The van der Waals surface area contributed by atoms with Crippen molar-refractivity contribution in [2.45, 2.75) is 0 Å². The smallest absolute Gasteiger partial charge is 0.146 e. The number of hydrogen-bond donors (Lipinski definition) is 0. The van der Waals surface area contributed by atoms with Gasteiger partial charge in [-0.25, -0.2) is 4.98 Å². The molecule has 0 amide bonds. The van der Waals surface area contributed by atoms with Crippen LogP contribution in [-0.4, -0.2) is 9.38 Å². The van der Waals surface area contributed by atoms with E-state index >= 15 is 0 Å². The second kappa shape index (κ2) is 5.42. The van der Waals surface area contributed by atoms with E-state index in [1.54, 1.807) is 0 Å². The largest absolute Gasteiger partial charge is 0.292 e. The standard InChI is InChI=1S/C25H16N2/c1-2-9-17(10-3-1)18-12-8-13-20-24(18)19-11-4-6-15-22(19)27-23-16-7-5-14-21(23)26-25(20)27/h1-16H. The fourth-order valence-corrected chi connectivity index (χ4v) is 4.22. The molecule has 0 fully saturated rings. The summed E-state index contributed by atoms with van der Waals surface area (Å²) in [4.78, 5) is 4.99. The SMILES string of the molecule is c1ccc(-c2cccc3c2c2ccccc2n2c4ccccc4nc32)cc1. The van der Waals surface area contributed by atoms with Crippen LogP contribution in [0.15, 0.2) is 97.1 Å². The van der Waals surface area contributed by atoms with Crippen molar-refractivity contribution in [1.29, 1.82) is 0 Å². The predicted molar refractivity (Wildman–Crippen MR) is 113 cm³/mol. The maximum atomic E-state index is 4.99. The molecular formula is C25H16N2. The lowest BCUT2D eigenvalue weighted by molar-refractivity contribution is 1.31. The van der Waals surface area contributed by atoms with Gasteiger partial charge in [0.05, 0.1) is 16.6 Å². The van der Waals surface area contributed by atoms with Crippen LogP contribution in [0.2, 0.25) is 0 Å². The van der Waals surface area contributed by atoms with Crippen molar-refractivity contribution in [1.82, 2.24) is 9.38 Å². The number of fused-ring (bicyclic) bond motifs is 8. The van der Waals surface area contributed by atoms with Gasteiger partial charge in [-0.15, -0.1) is 0 Å². The van der Waals surface area contributed by atoms with Crippen molar-refractivity contribution in [3.05, 3.63) is 97.1 Å². The topological polar surface area (TPSA) is 17.3 Å². The Morgan fingerprint density at radius 1 is 0.556 bits per heavy atom. The molecule has 0 aliphatic carbocycles. The van der Waals surface area contributed by atoms with Gasteiger partial charge in [-0.05, 0) is 29.3 Å². The summed E-state index contributed by atoms with van der Waals surface area (Å²) in [6, 6.07) is 34.1. The first kappa shape index (κ1) is 14.5. The molecule has 0 radical (unpaired) electrons. The third-order valence-corrected chi connectivity index (χ3v) is 5.37. The van der Waals surface area contributed by atoms with Gasteiger partial charge in [-0.2, -0.15) is 0 Å². The summed E-state index contributed by atoms with van der Waals surface area (Å²) in [5.74, 6) is 0. The van der Waals surface area contributed by atoms with Crippen LogP contribution in [0, 0.1) is 0 Å². The van der Waals surface area contributed by atoms with Gasteiger partial charge in [0.25, 0.3) is 0 Å². The van der Waals surface area contributed by atoms with Crippen LogP contribution < -0.4 is 0 Å². The molecule has 0 unspecified atom stereocenters. The molecule has 0 spiro atoms. The Morgan fingerprint density at radius 3 is 2.15 bits per heavy atom. The number of hydrogen-bond acceptors (Lipinski definition) is 1. The summed E-state index contributed by atoms with van der Waals surface area (Å²) in [6.07, 6.45) is 0. The molecule has 4 aromatic carbocycles. The number of benzene rings is 4. The zero-order valence-electron chi connectivity index (χ0n) is 14.6. The number of pyridine rings is 1. The average molecular weight is 344 g/mol. The van der Waals surface area contributed by atoms with Gasteiger partial charge >= 0.3 is 0 Å². The van der Waals surface area contributed by atoms with Crippen LogP contribution >= 0.6 is 0 Å². The van der Waals surface area contributed by atoms with E-state index in [-0.39, 0.29) is 0 Å². The van der Waals surface area contributed by atoms with Crippen LogP contribution in [0.4, 0.5) is 0 Å². The fourth-order valence-electron chi connectivity index (χ4n) is 4.22. The van der Waals surface area contributed by atoms with Crippen LogP contribution in [-0.2, 0) is 0 Å². The van der Waals surface area contributed by atoms with Crippen molar-refractivity contribution in [3.8, 4) is 11.1 Å². The van der Waals surface area contributed by atoms with E-state index < -0.39 is 0 Å². The molecule has 0 atom stereocenters. The summed E-state index contributed by atoms with van der Waals surface area (Å²) in [7, 11) is 0. The molecule has 0 bridgehead atoms. The highest BCUT2D eigenvalue weighted by atomic mass is 15.0. The quantitative estimate of drug-likeness (QED) is 0.313. The van der Waals surface area contributed by atoms with Gasteiger partial charge < -0.3 is 0 Å². The van der Waals surface area contributed by atoms with Crippen molar-refractivity contribution in [2.75, 3.05) is 0 Å². The molecule has 6 aromatic rings. The molecule has 27 heavy (non-hydrogen) atoms. The van der Waals surface area contributed by atoms with Crippen molar-refractivity contribution in [3.63, 3.8) is 0 Å². The normalized spacial score (nSPS) is 11.7. The van der Waals surface area contributed by atoms with Gasteiger partial charge in [0.15, 0.2) is 0 Å². The van der Waals surface area contributed by atoms with E-state index in [9.17, 15) is 0 Å². The first-order valence-corrected chi connectivity index (χ1v) is 9.18. The maximum Gasteiger partial charge on any atom is 0.146 e. The Morgan fingerprint density at radius 2 is 1.26 bits per heavy atom. The van der Waals surface area contributed by atoms with E-state index in [1.807, 2.05) is 0 Å². The van der Waals surface area contributed by atoms with Gasteiger partial charge in [-0.1, -0.05) is 78.9 Å². The third kappa shape index (κ3) is 1.98. The minimum atomic E-state index is 1.02. The molecule has 0 aliphatic heterocycles. The Hall–Kier alpha value is -3.65. The molecule has 2 heterocycles.